The first kappa shape index (κ1) is 15.5. The number of nitrogens with one attached hydrogen (secondary N) is 2. The lowest BCUT2D eigenvalue weighted by molar-refractivity contribution is -0.129. The molecule has 0 radical (unpaired) electrons. The van der Waals surface area contributed by atoms with E-state index >= 15 is 0 Å². The Balaban J connectivity index is 1.84. The van der Waals surface area contributed by atoms with Gasteiger partial charge in [-0.2, -0.15) is 0 Å². The molecule has 0 aliphatic heterocycles. The Morgan fingerprint density at radius 3 is 2.33 bits per heavy atom. The first-order valence-electron chi connectivity index (χ1n) is 7.74. The van der Waals surface area contributed by atoms with Gasteiger partial charge in [0.05, 0.1) is 0 Å². The fourth-order valence-electron chi connectivity index (χ4n) is 2.65. The normalized spacial score (nSPS) is 17.0. The number of amides is 2. The molecule has 1 saturated carbocycles. The summed E-state index contributed by atoms with van der Waals surface area (Å²) in [5.41, 5.74) is 1.90. The van der Waals surface area contributed by atoms with Gasteiger partial charge in [-0.05, 0) is 38.8 Å². The molecule has 2 amide bonds. The Kier molecular flexibility index (Phi) is 5.37. The van der Waals surface area contributed by atoms with Crippen LogP contribution in [0.15, 0.2) is 24.3 Å². The Bertz CT molecular complexity index is 490. The topological polar surface area (TPSA) is 58.2 Å². The molecule has 4 heteroatoms. The highest BCUT2D eigenvalue weighted by molar-refractivity contribution is 5.97. The standard InChI is InChI=1S/C17H24N2O2/c1-12-8-10-15(11-9-12)19-16(20)13(2)18-17(21)14-6-4-3-5-7-14/h8-11,13-14H,3-7H2,1-2H3,(H,18,21)(H,19,20)/t13-/m0/s1. The van der Waals surface area contributed by atoms with Gasteiger partial charge in [-0.15, -0.1) is 0 Å². The monoisotopic (exact) mass is 288 g/mol. The SMILES string of the molecule is Cc1ccc(NC(=O)[C@H](C)NC(=O)C2CCCCC2)cc1. The van der Waals surface area contributed by atoms with Gasteiger partial charge in [-0.25, -0.2) is 0 Å². The number of benzene rings is 1. The predicted octanol–water partition coefficient (Wildman–Crippen LogP) is 3.02. The van der Waals surface area contributed by atoms with E-state index in [1.807, 2.05) is 31.2 Å². The first-order valence-corrected chi connectivity index (χ1v) is 7.74. The van der Waals surface area contributed by atoms with Crippen LogP contribution in [0.5, 0.6) is 0 Å². The number of carbonyl (C=O) groups excluding carboxylic acids is 2. The fraction of sp³-hybridized carbons (Fsp3) is 0.529. The summed E-state index contributed by atoms with van der Waals surface area (Å²) in [6.07, 6.45) is 5.33. The highest BCUT2D eigenvalue weighted by Crippen LogP contribution is 2.23. The maximum atomic E-state index is 12.1. The summed E-state index contributed by atoms with van der Waals surface area (Å²) in [6, 6.07) is 7.11. The maximum Gasteiger partial charge on any atom is 0.246 e. The molecule has 1 aromatic carbocycles. The minimum atomic E-state index is -0.513. The van der Waals surface area contributed by atoms with Gasteiger partial charge in [-0.1, -0.05) is 37.0 Å². The maximum absolute atomic E-state index is 12.1. The van der Waals surface area contributed by atoms with E-state index in [0.29, 0.717) is 0 Å². The smallest absolute Gasteiger partial charge is 0.246 e. The van der Waals surface area contributed by atoms with Crippen LogP contribution in [0.3, 0.4) is 0 Å². The third-order valence-corrected chi connectivity index (χ3v) is 4.05. The van der Waals surface area contributed by atoms with Crippen molar-refractivity contribution in [3.05, 3.63) is 29.8 Å². The minimum absolute atomic E-state index is 0.0151. The average molecular weight is 288 g/mol. The van der Waals surface area contributed by atoms with E-state index in [-0.39, 0.29) is 17.7 Å². The van der Waals surface area contributed by atoms with Crippen molar-refractivity contribution < 1.29 is 9.59 Å². The second-order valence-corrected chi connectivity index (χ2v) is 5.92. The van der Waals surface area contributed by atoms with Crippen molar-refractivity contribution in [2.75, 3.05) is 5.32 Å². The van der Waals surface area contributed by atoms with E-state index in [4.69, 9.17) is 0 Å². The highest BCUT2D eigenvalue weighted by atomic mass is 16.2. The van der Waals surface area contributed by atoms with Gasteiger partial charge >= 0.3 is 0 Å². The lowest BCUT2D eigenvalue weighted by Gasteiger charge is -2.23. The molecule has 1 aromatic rings. The summed E-state index contributed by atoms with van der Waals surface area (Å²) < 4.78 is 0. The molecule has 0 spiro atoms. The van der Waals surface area contributed by atoms with E-state index in [1.54, 1.807) is 6.92 Å². The lowest BCUT2D eigenvalue weighted by atomic mass is 9.88. The van der Waals surface area contributed by atoms with Crippen LogP contribution in [0, 0.1) is 12.8 Å². The van der Waals surface area contributed by atoms with Crippen molar-refractivity contribution in [1.82, 2.24) is 5.32 Å². The van der Waals surface area contributed by atoms with Crippen LogP contribution in [-0.4, -0.2) is 17.9 Å². The Hall–Kier alpha value is -1.84. The second kappa shape index (κ2) is 7.25. The average Bonchev–Trinajstić information content (AvgIpc) is 2.50. The molecule has 21 heavy (non-hydrogen) atoms. The Morgan fingerprint density at radius 1 is 1.10 bits per heavy atom. The minimum Gasteiger partial charge on any atom is -0.344 e. The van der Waals surface area contributed by atoms with Gasteiger partial charge < -0.3 is 10.6 Å². The molecule has 0 bridgehead atoms. The van der Waals surface area contributed by atoms with E-state index in [1.165, 1.54) is 6.42 Å². The molecule has 1 aliphatic carbocycles. The molecule has 1 atom stereocenters. The number of hydrogen-bond donors (Lipinski definition) is 2. The van der Waals surface area contributed by atoms with Crippen molar-refractivity contribution in [1.29, 1.82) is 0 Å². The van der Waals surface area contributed by atoms with Crippen LogP contribution in [0.2, 0.25) is 0 Å². The molecule has 0 aromatic heterocycles. The molecule has 2 N–H and O–H groups in total. The summed E-state index contributed by atoms with van der Waals surface area (Å²) in [4.78, 5) is 24.2. The van der Waals surface area contributed by atoms with Crippen LogP contribution >= 0.6 is 0 Å². The molecule has 4 nitrogen and oxygen atoms in total. The van der Waals surface area contributed by atoms with Crippen LogP contribution < -0.4 is 10.6 Å². The second-order valence-electron chi connectivity index (χ2n) is 5.92. The number of carbonyl (C=O) groups is 2. The summed E-state index contributed by atoms with van der Waals surface area (Å²) in [6.45, 7) is 3.73. The number of anilines is 1. The third kappa shape index (κ3) is 4.59. The van der Waals surface area contributed by atoms with Gasteiger partial charge in [0.15, 0.2) is 0 Å². The molecule has 0 saturated heterocycles. The first-order chi connectivity index (χ1) is 10.1. The summed E-state index contributed by atoms with van der Waals surface area (Å²) in [7, 11) is 0. The van der Waals surface area contributed by atoms with E-state index in [2.05, 4.69) is 10.6 Å². The Morgan fingerprint density at radius 2 is 1.71 bits per heavy atom. The van der Waals surface area contributed by atoms with Crippen molar-refractivity contribution in [2.45, 2.75) is 52.0 Å². The van der Waals surface area contributed by atoms with Gasteiger partial charge in [-0.3, -0.25) is 9.59 Å². The van der Waals surface area contributed by atoms with E-state index in [9.17, 15) is 9.59 Å². The van der Waals surface area contributed by atoms with E-state index in [0.717, 1.165) is 36.9 Å². The van der Waals surface area contributed by atoms with Crippen molar-refractivity contribution >= 4 is 17.5 Å². The molecule has 1 fully saturated rings. The van der Waals surface area contributed by atoms with Gasteiger partial charge in [0.1, 0.15) is 6.04 Å². The predicted molar refractivity (Wildman–Crippen MR) is 84.0 cm³/mol. The highest BCUT2D eigenvalue weighted by Gasteiger charge is 2.24. The zero-order valence-corrected chi connectivity index (χ0v) is 12.8. The van der Waals surface area contributed by atoms with Gasteiger partial charge in [0.2, 0.25) is 11.8 Å². The molecule has 2 rings (SSSR count). The van der Waals surface area contributed by atoms with Crippen LogP contribution in [-0.2, 0) is 9.59 Å². The molecule has 1 aliphatic rings. The van der Waals surface area contributed by atoms with E-state index < -0.39 is 6.04 Å². The van der Waals surface area contributed by atoms with Gasteiger partial charge in [0, 0.05) is 11.6 Å². The van der Waals surface area contributed by atoms with Crippen molar-refractivity contribution in [3.63, 3.8) is 0 Å². The quantitative estimate of drug-likeness (QED) is 0.894. The molecular formula is C17H24N2O2. The zero-order chi connectivity index (χ0) is 15.2. The fourth-order valence-corrected chi connectivity index (χ4v) is 2.65. The molecule has 0 heterocycles. The summed E-state index contributed by atoms with van der Waals surface area (Å²) >= 11 is 0. The number of hydrogen-bond acceptors (Lipinski definition) is 2. The van der Waals surface area contributed by atoms with Crippen LogP contribution in [0.25, 0.3) is 0 Å². The van der Waals surface area contributed by atoms with Crippen LogP contribution in [0.1, 0.15) is 44.6 Å². The van der Waals surface area contributed by atoms with Gasteiger partial charge in [0.25, 0.3) is 0 Å². The third-order valence-electron chi connectivity index (χ3n) is 4.05. The molecular weight excluding hydrogens is 264 g/mol. The zero-order valence-electron chi connectivity index (χ0n) is 12.8. The van der Waals surface area contributed by atoms with Crippen molar-refractivity contribution in [3.8, 4) is 0 Å². The number of rotatable bonds is 4. The van der Waals surface area contributed by atoms with Crippen LogP contribution in [0.4, 0.5) is 5.69 Å². The largest absolute Gasteiger partial charge is 0.344 e. The summed E-state index contributed by atoms with van der Waals surface area (Å²) in [5.74, 6) is -0.0855. The Labute approximate surface area is 126 Å². The summed E-state index contributed by atoms with van der Waals surface area (Å²) in [5, 5.41) is 5.65. The van der Waals surface area contributed by atoms with Crippen molar-refractivity contribution in [2.24, 2.45) is 5.92 Å². The molecule has 0 unspecified atom stereocenters. The number of aryl methyl sites for hydroxylation is 1. The molecule has 114 valence electrons. The lowest BCUT2D eigenvalue weighted by Crippen LogP contribution is -2.44.